The van der Waals surface area contributed by atoms with Crippen LogP contribution in [-0.4, -0.2) is 12.5 Å². The molecule has 0 atom stereocenters. The Morgan fingerprint density at radius 2 is 2.00 bits per heavy atom. The molecule has 0 radical (unpaired) electrons. The molecular formula is C9H15NO. The first kappa shape index (κ1) is 7.14. The molecule has 1 spiro atoms. The summed E-state index contributed by atoms with van der Waals surface area (Å²) in [5.41, 5.74) is 0.854. The van der Waals surface area contributed by atoms with Gasteiger partial charge in [-0.3, -0.25) is 4.79 Å². The summed E-state index contributed by atoms with van der Waals surface area (Å²) < 4.78 is 0. The van der Waals surface area contributed by atoms with Crippen molar-refractivity contribution in [2.45, 2.75) is 33.1 Å². The summed E-state index contributed by atoms with van der Waals surface area (Å²) in [6.45, 7) is 5.48. The van der Waals surface area contributed by atoms with Crippen LogP contribution in [0.2, 0.25) is 0 Å². The van der Waals surface area contributed by atoms with E-state index in [1.807, 2.05) is 0 Å². The van der Waals surface area contributed by atoms with Gasteiger partial charge in [-0.25, -0.2) is 0 Å². The zero-order chi connectivity index (χ0) is 8.11. The Labute approximate surface area is 67.4 Å². The molecule has 0 aromatic heterocycles. The Morgan fingerprint density at radius 3 is 2.36 bits per heavy atom. The fraction of sp³-hybridized carbons (Fsp3) is 0.889. The summed E-state index contributed by atoms with van der Waals surface area (Å²) >= 11 is 0. The van der Waals surface area contributed by atoms with Crippen LogP contribution in [0.1, 0.15) is 33.1 Å². The van der Waals surface area contributed by atoms with Crippen molar-refractivity contribution in [3.05, 3.63) is 0 Å². The van der Waals surface area contributed by atoms with Gasteiger partial charge in [-0.2, -0.15) is 0 Å². The molecule has 2 fully saturated rings. The SMILES string of the molecule is CC1(C)CC2(CNC(=O)C2)C1. The van der Waals surface area contributed by atoms with Crippen molar-refractivity contribution >= 4 is 5.91 Å². The molecule has 2 heteroatoms. The van der Waals surface area contributed by atoms with E-state index in [-0.39, 0.29) is 5.91 Å². The van der Waals surface area contributed by atoms with E-state index >= 15 is 0 Å². The Balaban J connectivity index is 2.03. The van der Waals surface area contributed by atoms with Crippen LogP contribution < -0.4 is 5.32 Å². The molecule has 1 N–H and O–H groups in total. The highest BCUT2D eigenvalue weighted by atomic mass is 16.1. The highest BCUT2D eigenvalue weighted by molar-refractivity contribution is 5.79. The number of hydrogen-bond donors (Lipinski definition) is 1. The van der Waals surface area contributed by atoms with Crippen molar-refractivity contribution in [3.8, 4) is 0 Å². The maximum atomic E-state index is 11.0. The summed E-state index contributed by atoms with van der Waals surface area (Å²) in [5, 5.41) is 2.91. The summed E-state index contributed by atoms with van der Waals surface area (Å²) in [4.78, 5) is 11.0. The molecule has 1 aliphatic heterocycles. The molecule has 1 aliphatic carbocycles. The highest BCUT2D eigenvalue weighted by Crippen LogP contribution is 2.56. The topological polar surface area (TPSA) is 29.1 Å². The van der Waals surface area contributed by atoms with Crippen LogP contribution in [-0.2, 0) is 4.79 Å². The van der Waals surface area contributed by atoms with Gasteiger partial charge in [0.05, 0.1) is 0 Å². The van der Waals surface area contributed by atoms with Gasteiger partial charge in [-0.1, -0.05) is 13.8 Å². The molecule has 1 heterocycles. The van der Waals surface area contributed by atoms with Crippen LogP contribution in [0.5, 0.6) is 0 Å². The van der Waals surface area contributed by atoms with Crippen molar-refractivity contribution in [2.75, 3.05) is 6.54 Å². The number of amides is 1. The lowest BCUT2D eigenvalue weighted by Crippen LogP contribution is -2.44. The minimum absolute atomic E-state index is 0.250. The van der Waals surface area contributed by atoms with E-state index in [1.54, 1.807) is 0 Å². The van der Waals surface area contributed by atoms with E-state index in [0.29, 0.717) is 10.8 Å². The molecule has 0 aromatic rings. The number of nitrogens with one attached hydrogen (secondary N) is 1. The lowest BCUT2D eigenvalue weighted by molar-refractivity contribution is -0.120. The maximum absolute atomic E-state index is 11.0. The zero-order valence-electron chi connectivity index (χ0n) is 7.24. The number of carbonyl (C=O) groups is 1. The standard InChI is InChI=1S/C9H15NO/c1-8(2)4-9(5-8)3-7(11)10-6-9/h3-6H2,1-2H3,(H,10,11). The summed E-state index contributed by atoms with van der Waals surface area (Å²) in [5.74, 6) is 0.250. The molecule has 2 rings (SSSR count). The molecule has 62 valence electrons. The second kappa shape index (κ2) is 1.79. The minimum Gasteiger partial charge on any atom is -0.356 e. The quantitative estimate of drug-likeness (QED) is 0.558. The molecule has 2 aliphatic rings. The largest absolute Gasteiger partial charge is 0.356 e. The van der Waals surface area contributed by atoms with Crippen LogP contribution >= 0.6 is 0 Å². The van der Waals surface area contributed by atoms with Crippen molar-refractivity contribution in [1.29, 1.82) is 0 Å². The lowest BCUT2D eigenvalue weighted by Gasteiger charge is -2.50. The third-order valence-electron chi connectivity index (χ3n) is 2.90. The van der Waals surface area contributed by atoms with Crippen LogP contribution in [0, 0.1) is 10.8 Å². The van der Waals surface area contributed by atoms with E-state index in [1.165, 1.54) is 12.8 Å². The molecule has 11 heavy (non-hydrogen) atoms. The Kier molecular flexibility index (Phi) is 1.16. The van der Waals surface area contributed by atoms with Gasteiger partial charge in [0.1, 0.15) is 0 Å². The fourth-order valence-corrected chi connectivity index (χ4v) is 2.98. The smallest absolute Gasteiger partial charge is 0.220 e. The Morgan fingerprint density at radius 1 is 1.36 bits per heavy atom. The predicted molar refractivity (Wildman–Crippen MR) is 43.1 cm³/mol. The molecule has 0 bridgehead atoms. The van der Waals surface area contributed by atoms with Gasteiger partial charge in [0, 0.05) is 13.0 Å². The van der Waals surface area contributed by atoms with E-state index in [2.05, 4.69) is 19.2 Å². The first-order valence-electron chi connectivity index (χ1n) is 4.28. The normalized spacial score (nSPS) is 31.6. The predicted octanol–water partition coefficient (Wildman–Crippen LogP) is 1.31. The molecule has 0 unspecified atom stereocenters. The van der Waals surface area contributed by atoms with Gasteiger partial charge < -0.3 is 5.32 Å². The second-order valence-corrected chi connectivity index (χ2v) is 4.97. The Bertz CT molecular complexity index is 200. The van der Waals surface area contributed by atoms with Crippen molar-refractivity contribution in [2.24, 2.45) is 10.8 Å². The minimum atomic E-state index is 0.250. The van der Waals surface area contributed by atoms with Gasteiger partial charge in [0.15, 0.2) is 0 Å². The molecular weight excluding hydrogens is 138 g/mol. The number of carbonyl (C=O) groups excluding carboxylic acids is 1. The van der Waals surface area contributed by atoms with Crippen LogP contribution in [0.3, 0.4) is 0 Å². The summed E-state index contributed by atoms with van der Waals surface area (Å²) in [7, 11) is 0. The van der Waals surface area contributed by atoms with Crippen LogP contribution in [0.15, 0.2) is 0 Å². The number of hydrogen-bond acceptors (Lipinski definition) is 1. The Hall–Kier alpha value is -0.530. The van der Waals surface area contributed by atoms with Crippen molar-refractivity contribution in [1.82, 2.24) is 5.32 Å². The first-order chi connectivity index (χ1) is 5.02. The first-order valence-corrected chi connectivity index (χ1v) is 4.28. The van der Waals surface area contributed by atoms with Crippen LogP contribution in [0.4, 0.5) is 0 Å². The fourth-order valence-electron chi connectivity index (χ4n) is 2.98. The molecule has 1 saturated heterocycles. The van der Waals surface area contributed by atoms with Gasteiger partial charge in [-0.15, -0.1) is 0 Å². The lowest BCUT2D eigenvalue weighted by atomic mass is 9.54. The third kappa shape index (κ3) is 1.05. The molecule has 1 amide bonds. The molecule has 2 nitrogen and oxygen atoms in total. The summed E-state index contributed by atoms with van der Waals surface area (Å²) in [6.07, 6.45) is 3.22. The van der Waals surface area contributed by atoms with E-state index < -0.39 is 0 Å². The average Bonchev–Trinajstić information content (AvgIpc) is 2.08. The molecule has 1 saturated carbocycles. The van der Waals surface area contributed by atoms with Gasteiger partial charge in [0.2, 0.25) is 5.91 Å². The number of rotatable bonds is 0. The van der Waals surface area contributed by atoms with E-state index in [4.69, 9.17) is 0 Å². The highest BCUT2D eigenvalue weighted by Gasteiger charge is 2.52. The van der Waals surface area contributed by atoms with Gasteiger partial charge in [0.25, 0.3) is 0 Å². The monoisotopic (exact) mass is 153 g/mol. The van der Waals surface area contributed by atoms with Crippen LogP contribution in [0.25, 0.3) is 0 Å². The van der Waals surface area contributed by atoms with E-state index in [0.717, 1.165) is 13.0 Å². The maximum Gasteiger partial charge on any atom is 0.220 e. The second-order valence-electron chi connectivity index (χ2n) is 4.97. The zero-order valence-corrected chi connectivity index (χ0v) is 7.24. The molecule has 0 aromatic carbocycles. The van der Waals surface area contributed by atoms with Crippen molar-refractivity contribution < 1.29 is 4.79 Å². The van der Waals surface area contributed by atoms with E-state index in [9.17, 15) is 4.79 Å². The third-order valence-corrected chi connectivity index (χ3v) is 2.90. The van der Waals surface area contributed by atoms with Gasteiger partial charge in [-0.05, 0) is 23.7 Å². The average molecular weight is 153 g/mol. The van der Waals surface area contributed by atoms with Crippen molar-refractivity contribution in [3.63, 3.8) is 0 Å². The van der Waals surface area contributed by atoms with Gasteiger partial charge >= 0.3 is 0 Å². The summed E-state index contributed by atoms with van der Waals surface area (Å²) in [6, 6.07) is 0.